The lowest BCUT2D eigenvalue weighted by Crippen LogP contribution is -2.46. The first-order valence-corrected chi connectivity index (χ1v) is 10.4. The van der Waals surface area contributed by atoms with E-state index >= 15 is 0 Å². The van der Waals surface area contributed by atoms with E-state index in [2.05, 4.69) is 22.0 Å². The van der Waals surface area contributed by atoms with Crippen LogP contribution in [0, 0.1) is 0 Å². The van der Waals surface area contributed by atoms with E-state index in [-0.39, 0.29) is 5.91 Å². The molecule has 2 aromatic carbocycles. The van der Waals surface area contributed by atoms with E-state index in [0.29, 0.717) is 16.5 Å². The highest BCUT2D eigenvalue weighted by Gasteiger charge is 2.19. The summed E-state index contributed by atoms with van der Waals surface area (Å²) in [6.45, 7) is 7.07. The van der Waals surface area contributed by atoms with Crippen molar-refractivity contribution >= 4 is 35.0 Å². The van der Waals surface area contributed by atoms with Gasteiger partial charge in [0.1, 0.15) is 0 Å². The summed E-state index contributed by atoms with van der Waals surface area (Å²) in [5, 5.41) is 3.56. The lowest BCUT2D eigenvalue weighted by atomic mass is 10.1. The molecule has 0 aromatic heterocycles. The Labute approximate surface area is 183 Å². The molecule has 1 heterocycles. The third-order valence-electron chi connectivity index (χ3n) is 5.21. The first kappa shape index (κ1) is 22.0. The fourth-order valence-corrected chi connectivity index (χ4v) is 3.66. The average molecular weight is 430 g/mol. The molecule has 7 heteroatoms. The van der Waals surface area contributed by atoms with Crippen molar-refractivity contribution in [1.29, 1.82) is 0 Å². The van der Waals surface area contributed by atoms with Crippen LogP contribution in [-0.2, 0) is 4.79 Å². The number of benzene rings is 2. The molecule has 1 amide bonds. The number of methoxy groups -OCH3 is 2. The van der Waals surface area contributed by atoms with E-state index in [1.54, 1.807) is 32.4 Å². The molecule has 0 bridgehead atoms. The molecule has 1 aliphatic heterocycles. The zero-order valence-corrected chi connectivity index (χ0v) is 18.4. The van der Waals surface area contributed by atoms with Crippen LogP contribution in [0.5, 0.6) is 11.5 Å². The van der Waals surface area contributed by atoms with Crippen LogP contribution in [0.1, 0.15) is 12.5 Å². The zero-order chi connectivity index (χ0) is 21.5. The molecule has 1 saturated heterocycles. The molecule has 1 N–H and O–H groups in total. The minimum atomic E-state index is -0.222. The number of hydrogen-bond donors (Lipinski definition) is 1. The van der Waals surface area contributed by atoms with Crippen LogP contribution in [-0.4, -0.2) is 57.8 Å². The molecule has 0 radical (unpaired) electrons. The van der Waals surface area contributed by atoms with Crippen LogP contribution in [0.15, 0.2) is 42.5 Å². The number of piperazine rings is 1. The maximum absolute atomic E-state index is 12.6. The second-order valence-corrected chi connectivity index (χ2v) is 7.46. The summed E-state index contributed by atoms with van der Waals surface area (Å²) in [6, 6.07) is 11.1. The topological polar surface area (TPSA) is 54.0 Å². The van der Waals surface area contributed by atoms with Crippen molar-refractivity contribution in [2.75, 3.05) is 57.2 Å². The summed E-state index contributed by atoms with van der Waals surface area (Å²) < 4.78 is 10.6. The predicted octanol–water partition coefficient (Wildman–Crippen LogP) is 4.15. The van der Waals surface area contributed by atoms with Crippen molar-refractivity contribution in [2.24, 2.45) is 0 Å². The van der Waals surface area contributed by atoms with E-state index in [1.807, 2.05) is 24.3 Å². The van der Waals surface area contributed by atoms with Gasteiger partial charge in [-0.3, -0.25) is 4.79 Å². The number of carbonyl (C=O) groups excluding carboxylic acids is 1. The monoisotopic (exact) mass is 429 g/mol. The molecule has 0 spiro atoms. The van der Waals surface area contributed by atoms with Crippen molar-refractivity contribution in [3.8, 4) is 11.5 Å². The van der Waals surface area contributed by atoms with Gasteiger partial charge in [0.25, 0.3) is 0 Å². The quantitative estimate of drug-likeness (QED) is 0.670. The van der Waals surface area contributed by atoms with Gasteiger partial charge in [0.05, 0.1) is 25.6 Å². The minimum Gasteiger partial charge on any atom is -0.493 e. The van der Waals surface area contributed by atoms with Crippen LogP contribution in [0.25, 0.3) is 6.08 Å². The molecule has 1 fully saturated rings. The highest BCUT2D eigenvalue weighted by atomic mass is 35.5. The van der Waals surface area contributed by atoms with E-state index in [9.17, 15) is 4.79 Å². The summed E-state index contributed by atoms with van der Waals surface area (Å²) in [4.78, 5) is 17.3. The summed E-state index contributed by atoms with van der Waals surface area (Å²) in [6.07, 6.45) is 3.24. The van der Waals surface area contributed by atoms with Gasteiger partial charge in [0.2, 0.25) is 5.91 Å². The second kappa shape index (κ2) is 10.4. The standard InChI is InChI=1S/C23H28ClN3O3/c1-4-26-11-13-27(14-12-26)20-8-7-18(24)16-19(20)25-23(28)10-6-17-5-9-21(29-2)22(15-17)30-3/h5-10,15-16H,4,11-14H2,1-3H3,(H,25,28)/b10-6+. The number of nitrogens with zero attached hydrogens (tertiary/aromatic N) is 2. The number of nitrogens with one attached hydrogen (secondary N) is 1. The molecule has 0 saturated carbocycles. The van der Waals surface area contributed by atoms with Gasteiger partial charge in [0, 0.05) is 37.3 Å². The Morgan fingerprint density at radius 2 is 1.80 bits per heavy atom. The predicted molar refractivity (Wildman–Crippen MR) is 123 cm³/mol. The number of rotatable bonds is 7. The largest absolute Gasteiger partial charge is 0.493 e. The molecule has 2 aromatic rings. The number of hydrogen-bond acceptors (Lipinski definition) is 5. The van der Waals surface area contributed by atoms with Crippen molar-refractivity contribution in [2.45, 2.75) is 6.92 Å². The molecule has 160 valence electrons. The molecule has 0 unspecified atom stereocenters. The van der Waals surface area contributed by atoms with Crippen molar-refractivity contribution in [3.63, 3.8) is 0 Å². The van der Waals surface area contributed by atoms with Crippen LogP contribution >= 0.6 is 11.6 Å². The normalized spacial score (nSPS) is 14.7. The Hall–Kier alpha value is -2.70. The maximum atomic E-state index is 12.6. The molecular weight excluding hydrogens is 402 g/mol. The number of likely N-dealkylation sites (N-methyl/N-ethyl adjacent to an activating group) is 1. The number of carbonyl (C=O) groups is 1. The smallest absolute Gasteiger partial charge is 0.248 e. The van der Waals surface area contributed by atoms with Gasteiger partial charge in [-0.2, -0.15) is 0 Å². The van der Waals surface area contributed by atoms with Crippen LogP contribution in [0.2, 0.25) is 5.02 Å². The average Bonchev–Trinajstić information content (AvgIpc) is 2.77. The van der Waals surface area contributed by atoms with Gasteiger partial charge in [-0.1, -0.05) is 24.6 Å². The van der Waals surface area contributed by atoms with Crippen molar-refractivity contribution < 1.29 is 14.3 Å². The summed E-state index contributed by atoms with van der Waals surface area (Å²) in [5.41, 5.74) is 2.54. The number of halogens is 1. The molecule has 0 atom stereocenters. The van der Waals surface area contributed by atoms with Gasteiger partial charge in [-0.25, -0.2) is 0 Å². The Kier molecular flexibility index (Phi) is 7.60. The lowest BCUT2D eigenvalue weighted by molar-refractivity contribution is -0.111. The fraction of sp³-hybridized carbons (Fsp3) is 0.348. The molecule has 1 aliphatic rings. The van der Waals surface area contributed by atoms with Crippen molar-refractivity contribution in [3.05, 3.63) is 53.1 Å². The zero-order valence-electron chi connectivity index (χ0n) is 17.7. The number of ether oxygens (including phenoxy) is 2. The first-order chi connectivity index (χ1) is 14.5. The van der Waals surface area contributed by atoms with Gasteiger partial charge in [0.15, 0.2) is 11.5 Å². The molecular formula is C23H28ClN3O3. The van der Waals surface area contributed by atoms with E-state index < -0.39 is 0 Å². The number of anilines is 2. The van der Waals surface area contributed by atoms with E-state index in [4.69, 9.17) is 21.1 Å². The Balaban J connectivity index is 1.72. The Morgan fingerprint density at radius 3 is 2.47 bits per heavy atom. The Morgan fingerprint density at radius 1 is 1.07 bits per heavy atom. The lowest BCUT2D eigenvalue weighted by Gasteiger charge is -2.36. The van der Waals surface area contributed by atoms with Gasteiger partial charge >= 0.3 is 0 Å². The maximum Gasteiger partial charge on any atom is 0.248 e. The van der Waals surface area contributed by atoms with Crippen LogP contribution in [0.3, 0.4) is 0 Å². The van der Waals surface area contributed by atoms with Crippen molar-refractivity contribution in [1.82, 2.24) is 4.90 Å². The highest BCUT2D eigenvalue weighted by Crippen LogP contribution is 2.31. The van der Waals surface area contributed by atoms with Gasteiger partial charge < -0.3 is 24.6 Å². The molecule has 3 rings (SSSR count). The van der Waals surface area contributed by atoms with Crippen LogP contribution < -0.4 is 19.7 Å². The molecule has 6 nitrogen and oxygen atoms in total. The second-order valence-electron chi connectivity index (χ2n) is 7.02. The van der Waals surface area contributed by atoms with Crippen LogP contribution in [0.4, 0.5) is 11.4 Å². The van der Waals surface area contributed by atoms with E-state index in [0.717, 1.165) is 49.7 Å². The summed E-state index contributed by atoms with van der Waals surface area (Å²) in [7, 11) is 3.17. The van der Waals surface area contributed by atoms with E-state index in [1.165, 1.54) is 6.08 Å². The minimum absolute atomic E-state index is 0.222. The fourth-order valence-electron chi connectivity index (χ4n) is 3.49. The van der Waals surface area contributed by atoms with Gasteiger partial charge in [-0.15, -0.1) is 0 Å². The Bertz CT molecular complexity index is 909. The molecule has 30 heavy (non-hydrogen) atoms. The third kappa shape index (κ3) is 5.46. The first-order valence-electron chi connectivity index (χ1n) is 10.0. The molecule has 0 aliphatic carbocycles. The SMILES string of the molecule is CCN1CCN(c2ccc(Cl)cc2NC(=O)/C=C/c2ccc(OC)c(OC)c2)CC1. The highest BCUT2D eigenvalue weighted by molar-refractivity contribution is 6.31. The summed E-state index contributed by atoms with van der Waals surface area (Å²) >= 11 is 6.20. The van der Waals surface area contributed by atoms with Gasteiger partial charge in [-0.05, 0) is 48.5 Å². The third-order valence-corrected chi connectivity index (χ3v) is 5.45. The summed E-state index contributed by atoms with van der Waals surface area (Å²) in [5.74, 6) is 1.04. The number of amides is 1.